The number of aliphatic hydroxyl groups excluding tert-OH is 1. The largest absolute Gasteiger partial charge is 0.465 e. The lowest BCUT2D eigenvalue weighted by atomic mass is 9.78. The molecule has 6 heteroatoms. The van der Waals surface area contributed by atoms with E-state index in [1.807, 2.05) is 0 Å². The molecule has 0 radical (unpaired) electrons. The summed E-state index contributed by atoms with van der Waals surface area (Å²) in [6, 6.07) is -0.157. The fourth-order valence-corrected chi connectivity index (χ4v) is 2.75. The first-order chi connectivity index (χ1) is 8.20. The minimum Gasteiger partial charge on any atom is -0.465 e. The first-order valence-electron chi connectivity index (χ1n) is 6.04. The van der Waals surface area contributed by atoms with Crippen LogP contribution in [-0.4, -0.2) is 48.5 Å². The van der Waals surface area contributed by atoms with Crippen molar-refractivity contribution >= 4 is 6.09 Å². The van der Waals surface area contributed by atoms with Gasteiger partial charge in [0, 0.05) is 24.5 Å². The molecule has 98 valence electrons. The lowest BCUT2D eigenvalue weighted by molar-refractivity contribution is -0.102. The monoisotopic (exact) mass is 245 g/mol. The molecule has 17 heavy (non-hydrogen) atoms. The summed E-state index contributed by atoms with van der Waals surface area (Å²) >= 11 is 0. The maximum Gasteiger partial charge on any atom is 0.404 e. The molecule has 3 N–H and O–H groups in total. The van der Waals surface area contributed by atoms with Crippen molar-refractivity contribution in [1.82, 2.24) is 5.32 Å². The highest BCUT2D eigenvalue weighted by Gasteiger charge is 2.36. The third-order valence-corrected chi connectivity index (χ3v) is 3.60. The van der Waals surface area contributed by atoms with Gasteiger partial charge in [0.25, 0.3) is 0 Å². The van der Waals surface area contributed by atoms with Crippen LogP contribution in [0.5, 0.6) is 0 Å². The van der Waals surface area contributed by atoms with Gasteiger partial charge >= 0.3 is 6.09 Å². The molecule has 0 bridgehead atoms. The zero-order chi connectivity index (χ0) is 12.3. The number of nitrogens with one attached hydrogen (secondary N) is 1. The summed E-state index contributed by atoms with van der Waals surface area (Å²) in [5.74, 6) is 0.221. The molecule has 1 saturated carbocycles. The van der Waals surface area contributed by atoms with Crippen LogP contribution in [0.15, 0.2) is 0 Å². The van der Waals surface area contributed by atoms with Crippen LogP contribution in [0, 0.1) is 11.8 Å². The van der Waals surface area contributed by atoms with E-state index in [1.54, 1.807) is 0 Å². The van der Waals surface area contributed by atoms with Crippen LogP contribution >= 0.6 is 0 Å². The van der Waals surface area contributed by atoms with E-state index < -0.39 is 6.09 Å². The highest BCUT2D eigenvalue weighted by atomic mass is 16.7. The van der Waals surface area contributed by atoms with Gasteiger partial charge in [0.15, 0.2) is 6.29 Å². The molecular weight excluding hydrogens is 226 g/mol. The number of ether oxygens (including phenoxy) is 2. The van der Waals surface area contributed by atoms with Crippen molar-refractivity contribution < 1.29 is 24.5 Å². The van der Waals surface area contributed by atoms with Gasteiger partial charge in [-0.15, -0.1) is 0 Å². The van der Waals surface area contributed by atoms with Crippen LogP contribution in [0.2, 0.25) is 0 Å². The second-order valence-electron chi connectivity index (χ2n) is 4.68. The first kappa shape index (κ1) is 12.6. The third-order valence-electron chi connectivity index (χ3n) is 3.60. The molecule has 0 aromatic heterocycles. The Labute approximate surface area is 99.9 Å². The SMILES string of the molecule is O=C(O)N[C@H]1CCC(C2OCCO2)C[C@@H]1CO. The van der Waals surface area contributed by atoms with E-state index in [0.29, 0.717) is 13.2 Å². The topological polar surface area (TPSA) is 88.0 Å². The fourth-order valence-electron chi connectivity index (χ4n) is 2.75. The Kier molecular flexibility index (Phi) is 4.20. The minimum absolute atomic E-state index is 0.00579. The Balaban J connectivity index is 1.89. The predicted molar refractivity (Wildman–Crippen MR) is 58.6 cm³/mol. The van der Waals surface area contributed by atoms with Gasteiger partial charge < -0.3 is 25.0 Å². The predicted octanol–water partition coefficient (Wildman–Crippen LogP) is 0.404. The van der Waals surface area contributed by atoms with Gasteiger partial charge in [-0.05, 0) is 19.3 Å². The van der Waals surface area contributed by atoms with Crippen LogP contribution in [-0.2, 0) is 9.47 Å². The standard InChI is InChI=1S/C11H19NO5/c13-6-8-5-7(10-16-3-4-17-10)1-2-9(8)12-11(14)15/h7-10,12-13H,1-6H2,(H,14,15)/t7?,8-,9+/m1/s1. The Bertz CT molecular complexity index is 267. The van der Waals surface area contributed by atoms with Crippen LogP contribution < -0.4 is 5.32 Å². The molecule has 0 spiro atoms. The molecule has 6 nitrogen and oxygen atoms in total. The summed E-state index contributed by atoms with van der Waals surface area (Å²) in [7, 11) is 0. The highest BCUT2D eigenvalue weighted by molar-refractivity contribution is 5.64. The fraction of sp³-hybridized carbons (Fsp3) is 0.909. The van der Waals surface area contributed by atoms with Crippen molar-refractivity contribution in [3.63, 3.8) is 0 Å². The van der Waals surface area contributed by atoms with Gasteiger partial charge in [0.1, 0.15) is 0 Å². The molecule has 2 rings (SSSR count). The van der Waals surface area contributed by atoms with E-state index in [9.17, 15) is 9.90 Å². The quantitative estimate of drug-likeness (QED) is 0.670. The van der Waals surface area contributed by atoms with Crippen molar-refractivity contribution in [3.05, 3.63) is 0 Å². The highest BCUT2D eigenvalue weighted by Crippen LogP contribution is 2.34. The Morgan fingerprint density at radius 1 is 1.29 bits per heavy atom. The molecule has 1 amide bonds. The summed E-state index contributed by atoms with van der Waals surface area (Å²) < 4.78 is 10.9. The number of carboxylic acid groups (broad SMARTS) is 1. The average molecular weight is 245 g/mol. The average Bonchev–Trinajstić information content (AvgIpc) is 2.82. The van der Waals surface area contributed by atoms with E-state index >= 15 is 0 Å². The summed E-state index contributed by atoms with van der Waals surface area (Å²) in [5, 5.41) is 20.5. The van der Waals surface area contributed by atoms with Crippen molar-refractivity contribution in [3.8, 4) is 0 Å². The summed E-state index contributed by atoms with van der Waals surface area (Å²) in [5.41, 5.74) is 0. The van der Waals surface area contributed by atoms with Gasteiger partial charge in [-0.25, -0.2) is 4.79 Å². The summed E-state index contributed by atoms with van der Waals surface area (Å²) in [6.45, 7) is 1.25. The van der Waals surface area contributed by atoms with Crippen molar-refractivity contribution in [2.75, 3.05) is 19.8 Å². The minimum atomic E-state index is -1.03. The van der Waals surface area contributed by atoms with E-state index in [-0.39, 0.29) is 30.8 Å². The zero-order valence-electron chi connectivity index (χ0n) is 9.67. The Hall–Kier alpha value is -0.850. The number of carbonyl (C=O) groups is 1. The number of rotatable bonds is 3. The van der Waals surface area contributed by atoms with Crippen molar-refractivity contribution in [2.24, 2.45) is 11.8 Å². The number of aliphatic hydroxyl groups is 1. The van der Waals surface area contributed by atoms with Crippen LogP contribution in [0.1, 0.15) is 19.3 Å². The van der Waals surface area contributed by atoms with E-state index in [0.717, 1.165) is 19.3 Å². The van der Waals surface area contributed by atoms with E-state index in [1.165, 1.54) is 0 Å². The molecule has 1 aliphatic heterocycles. The molecule has 0 aromatic carbocycles. The number of hydrogen-bond donors (Lipinski definition) is 3. The van der Waals surface area contributed by atoms with E-state index in [2.05, 4.69) is 5.32 Å². The molecule has 1 saturated heterocycles. The lowest BCUT2D eigenvalue weighted by Gasteiger charge is -2.36. The summed E-state index contributed by atoms with van der Waals surface area (Å²) in [4.78, 5) is 10.6. The lowest BCUT2D eigenvalue weighted by Crippen LogP contribution is -2.46. The number of hydrogen-bond acceptors (Lipinski definition) is 4. The van der Waals surface area contributed by atoms with Gasteiger partial charge in [-0.3, -0.25) is 0 Å². The molecular formula is C11H19NO5. The van der Waals surface area contributed by atoms with Gasteiger partial charge in [0.05, 0.1) is 13.2 Å². The molecule has 0 aromatic rings. The molecule has 1 aliphatic carbocycles. The summed E-state index contributed by atoms with van der Waals surface area (Å²) in [6.07, 6.45) is 1.14. The maximum absolute atomic E-state index is 10.6. The first-order valence-corrected chi connectivity index (χ1v) is 6.04. The van der Waals surface area contributed by atoms with Crippen LogP contribution in [0.4, 0.5) is 4.79 Å². The molecule has 1 unspecified atom stereocenters. The zero-order valence-corrected chi connectivity index (χ0v) is 9.67. The number of amides is 1. The van der Waals surface area contributed by atoms with E-state index in [4.69, 9.17) is 14.6 Å². The van der Waals surface area contributed by atoms with Crippen molar-refractivity contribution in [1.29, 1.82) is 0 Å². The molecule has 2 fully saturated rings. The smallest absolute Gasteiger partial charge is 0.404 e. The van der Waals surface area contributed by atoms with Crippen molar-refractivity contribution in [2.45, 2.75) is 31.6 Å². The second kappa shape index (κ2) is 5.66. The van der Waals surface area contributed by atoms with Gasteiger partial charge in [-0.2, -0.15) is 0 Å². The van der Waals surface area contributed by atoms with Gasteiger partial charge in [-0.1, -0.05) is 0 Å². The van der Waals surface area contributed by atoms with Crippen LogP contribution in [0.3, 0.4) is 0 Å². The Morgan fingerprint density at radius 3 is 2.59 bits per heavy atom. The molecule has 3 atom stereocenters. The molecule has 1 heterocycles. The second-order valence-corrected chi connectivity index (χ2v) is 4.68. The maximum atomic E-state index is 10.6. The van der Waals surface area contributed by atoms with Crippen LogP contribution in [0.25, 0.3) is 0 Å². The third kappa shape index (κ3) is 3.08. The molecule has 2 aliphatic rings. The normalized spacial score (nSPS) is 34.8. The van der Waals surface area contributed by atoms with Gasteiger partial charge in [0.2, 0.25) is 0 Å². The Morgan fingerprint density at radius 2 is 2.00 bits per heavy atom.